The molecule has 2 aromatic heterocycles. The first-order valence-electron chi connectivity index (χ1n) is 4.11. The highest BCUT2D eigenvalue weighted by molar-refractivity contribution is 7.07. The Labute approximate surface area is 88.2 Å². The molecule has 6 heteroatoms. The van der Waals surface area contributed by atoms with Crippen molar-refractivity contribution in [3.63, 3.8) is 0 Å². The van der Waals surface area contributed by atoms with E-state index in [9.17, 15) is 9.59 Å². The number of aromatic nitrogens is 1. The Balaban J connectivity index is 2.22. The molecule has 0 fully saturated rings. The zero-order valence-electron chi connectivity index (χ0n) is 7.54. The second-order valence-corrected chi connectivity index (χ2v) is 3.76. The smallest absolute Gasteiger partial charge is 0.338 e. The molecule has 0 aliphatic rings. The molecule has 0 radical (unpaired) electrons. The number of aromatic carboxylic acids is 1. The minimum absolute atomic E-state index is 0.0910. The van der Waals surface area contributed by atoms with Crippen LogP contribution in [0, 0.1) is 0 Å². The number of carboxylic acids is 1. The van der Waals surface area contributed by atoms with E-state index in [1.54, 1.807) is 11.6 Å². The first kappa shape index (κ1) is 9.72. The summed E-state index contributed by atoms with van der Waals surface area (Å²) < 4.78 is 6.47. The molecule has 78 valence electrons. The van der Waals surface area contributed by atoms with E-state index >= 15 is 0 Å². The lowest BCUT2D eigenvalue weighted by Gasteiger charge is -1.95. The van der Waals surface area contributed by atoms with Crippen LogP contribution in [0.1, 0.15) is 16.1 Å². The Morgan fingerprint density at radius 1 is 1.60 bits per heavy atom. The van der Waals surface area contributed by atoms with E-state index in [1.807, 2.05) is 0 Å². The van der Waals surface area contributed by atoms with E-state index in [-0.39, 0.29) is 17.0 Å². The number of thiazole rings is 1. The van der Waals surface area contributed by atoms with Crippen molar-refractivity contribution in [1.29, 1.82) is 0 Å². The van der Waals surface area contributed by atoms with Crippen LogP contribution in [0.2, 0.25) is 0 Å². The highest BCUT2D eigenvalue weighted by Crippen LogP contribution is 2.09. The van der Waals surface area contributed by atoms with Crippen molar-refractivity contribution >= 4 is 17.3 Å². The average Bonchev–Trinajstić information content (AvgIpc) is 2.77. The molecular formula is C9H7NO4S. The van der Waals surface area contributed by atoms with Gasteiger partial charge < -0.3 is 9.52 Å². The highest BCUT2D eigenvalue weighted by atomic mass is 32.1. The fourth-order valence-corrected chi connectivity index (χ4v) is 1.74. The van der Waals surface area contributed by atoms with Crippen molar-refractivity contribution in [2.45, 2.75) is 6.54 Å². The van der Waals surface area contributed by atoms with E-state index in [4.69, 9.17) is 9.52 Å². The predicted octanol–water partition coefficient (Wildman–Crippen LogP) is 1.25. The standard InChI is InChI=1S/C9H7NO4S/c11-8(12)6-3-7(14-5-6)4-10-1-2-15-9(10)13/h1-3,5H,4H2,(H,11,12). The molecular weight excluding hydrogens is 218 g/mol. The number of furan rings is 1. The van der Waals surface area contributed by atoms with Crippen molar-refractivity contribution in [2.75, 3.05) is 0 Å². The van der Waals surface area contributed by atoms with Crippen molar-refractivity contribution in [1.82, 2.24) is 4.57 Å². The molecule has 15 heavy (non-hydrogen) atoms. The van der Waals surface area contributed by atoms with Crippen LogP contribution >= 0.6 is 11.3 Å². The molecule has 0 saturated carbocycles. The summed E-state index contributed by atoms with van der Waals surface area (Å²) in [5.74, 6) is -0.587. The van der Waals surface area contributed by atoms with Gasteiger partial charge in [-0.15, -0.1) is 0 Å². The monoisotopic (exact) mass is 225 g/mol. The summed E-state index contributed by atoms with van der Waals surface area (Å²) in [7, 11) is 0. The summed E-state index contributed by atoms with van der Waals surface area (Å²) in [5, 5.41) is 10.3. The van der Waals surface area contributed by atoms with Gasteiger partial charge in [0.15, 0.2) is 0 Å². The van der Waals surface area contributed by atoms with Crippen LogP contribution in [0.4, 0.5) is 0 Å². The Kier molecular flexibility index (Phi) is 2.42. The van der Waals surface area contributed by atoms with Gasteiger partial charge in [0.05, 0.1) is 12.1 Å². The van der Waals surface area contributed by atoms with Crippen molar-refractivity contribution < 1.29 is 14.3 Å². The van der Waals surface area contributed by atoms with Crippen LogP contribution in [0.3, 0.4) is 0 Å². The van der Waals surface area contributed by atoms with Crippen LogP contribution in [0.15, 0.2) is 33.1 Å². The van der Waals surface area contributed by atoms with E-state index < -0.39 is 5.97 Å². The van der Waals surface area contributed by atoms with E-state index in [2.05, 4.69) is 0 Å². The maximum Gasteiger partial charge on any atom is 0.338 e. The molecule has 5 nitrogen and oxygen atoms in total. The fourth-order valence-electron chi connectivity index (χ4n) is 1.15. The van der Waals surface area contributed by atoms with E-state index in [0.29, 0.717) is 5.76 Å². The van der Waals surface area contributed by atoms with Gasteiger partial charge in [-0.1, -0.05) is 11.3 Å². The summed E-state index contributed by atoms with van der Waals surface area (Å²) in [5.41, 5.74) is 0.0910. The highest BCUT2D eigenvalue weighted by Gasteiger charge is 2.09. The predicted molar refractivity (Wildman–Crippen MR) is 53.3 cm³/mol. The number of hydrogen-bond acceptors (Lipinski definition) is 4. The average molecular weight is 225 g/mol. The fraction of sp³-hybridized carbons (Fsp3) is 0.111. The van der Waals surface area contributed by atoms with Gasteiger partial charge in [0.1, 0.15) is 12.0 Å². The van der Waals surface area contributed by atoms with Gasteiger partial charge in [0.2, 0.25) is 0 Å². The zero-order valence-corrected chi connectivity index (χ0v) is 8.36. The number of carboxylic acid groups (broad SMARTS) is 1. The number of rotatable bonds is 3. The third kappa shape index (κ3) is 1.99. The Hall–Kier alpha value is -1.82. The molecule has 0 aromatic carbocycles. The number of carbonyl (C=O) groups is 1. The first-order valence-corrected chi connectivity index (χ1v) is 4.99. The zero-order chi connectivity index (χ0) is 10.8. The molecule has 1 N–H and O–H groups in total. The van der Waals surface area contributed by atoms with Gasteiger partial charge in [-0.2, -0.15) is 0 Å². The van der Waals surface area contributed by atoms with Gasteiger partial charge in [-0.3, -0.25) is 9.36 Å². The van der Waals surface area contributed by atoms with E-state index in [0.717, 1.165) is 17.6 Å². The van der Waals surface area contributed by atoms with Crippen LogP contribution in [-0.4, -0.2) is 15.6 Å². The number of nitrogens with zero attached hydrogens (tertiary/aromatic N) is 1. The summed E-state index contributed by atoms with van der Waals surface area (Å²) in [6.45, 7) is 0.260. The second-order valence-electron chi connectivity index (χ2n) is 2.90. The Bertz CT molecular complexity index is 536. The molecule has 0 amide bonds. The van der Waals surface area contributed by atoms with Crippen LogP contribution in [0.5, 0.6) is 0 Å². The Morgan fingerprint density at radius 2 is 2.40 bits per heavy atom. The summed E-state index contributed by atoms with van der Waals surface area (Å²) in [6.07, 6.45) is 2.80. The van der Waals surface area contributed by atoms with Gasteiger partial charge in [-0.05, 0) is 6.07 Å². The molecule has 2 aromatic rings. The van der Waals surface area contributed by atoms with Crippen molar-refractivity contribution in [2.24, 2.45) is 0 Å². The summed E-state index contributed by atoms with van der Waals surface area (Å²) >= 11 is 1.09. The SMILES string of the molecule is O=C(O)c1coc(Cn2ccsc2=O)c1. The second kappa shape index (κ2) is 3.74. The maximum absolute atomic E-state index is 11.2. The summed E-state index contributed by atoms with van der Waals surface area (Å²) in [4.78, 5) is 21.7. The molecule has 0 aliphatic carbocycles. The topological polar surface area (TPSA) is 72.4 Å². The minimum Gasteiger partial charge on any atom is -0.478 e. The Morgan fingerprint density at radius 3 is 2.93 bits per heavy atom. The van der Waals surface area contributed by atoms with Gasteiger partial charge >= 0.3 is 10.8 Å². The molecule has 0 atom stereocenters. The quantitative estimate of drug-likeness (QED) is 0.853. The molecule has 0 spiro atoms. The third-order valence-electron chi connectivity index (χ3n) is 1.87. The normalized spacial score (nSPS) is 10.4. The van der Waals surface area contributed by atoms with Crippen LogP contribution in [0.25, 0.3) is 0 Å². The lowest BCUT2D eigenvalue weighted by molar-refractivity contribution is 0.0696. The molecule has 0 aliphatic heterocycles. The van der Waals surface area contributed by atoms with Gasteiger partial charge in [-0.25, -0.2) is 4.79 Å². The third-order valence-corrected chi connectivity index (χ3v) is 2.57. The van der Waals surface area contributed by atoms with Crippen LogP contribution in [-0.2, 0) is 6.54 Å². The lowest BCUT2D eigenvalue weighted by Crippen LogP contribution is -2.11. The van der Waals surface area contributed by atoms with Gasteiger partial charge in [0.25, 0.3) is 0 Å². The van der Waals surface area contributed by atoms with Crippen molar-refractivity contribution in [3.05, 3.63) is 44.9 Å². The van der Waals surface area contributed by atoms with E-state index in [1.165, 1.54) is 10.6 Å². The van der Waals surface area contributed by atoms with Gasteiger partial charge in [0, 0.05) is 11.6 Å². The molecule has 0 unspecified atom stereocenters. The molecule has 2 rings (SSSR count). The molecule has 0 saturated heterocycles. The number of hydrogen-bond donors (Lipinski definition) is 1. The largest absolute Gasteiger partial charge is 0.478 e. The first-order chi connectivity index (χ1) is 7.16. The summed E-state index contributed by atoms with van der Waals surface area (Å²) in [6, 6.07) is 1.41. The minimum atomic E-state index is -1.04. The van der Waals surface area contributed by atoms with Crippen LogP contribution < -0.4 is 4.87 Å². The maximum atomic E-state index is 11.2. The van der Waals surface area contributed by atoms with Crippen molar-refractivity contribution in [3.8, 4) is 0 Å². The lowest BCUT2D eigenvalue weighted by atomic mass is 10.3. The molecule has 0 bridgehead atoms. The molecule has 2 heterocycles.